The molecule has 30 heavy (non-hydrogen) atoms. The molecule has 0 aliphatic rings. The number of aliphatic hydroxyl groups is 1. The van der Waals surface area contributed by atoms with Crippen LogP contribution in [0.25, 0.3) is 0 Å². The van der Waals surface area contributed by atoms with Crippen molar-refractivity contribution in [1.29, 1.82) is 0 Å². The molecule has 0 fully saturated rings. The number of rotatable bonds is 6. The third-order valence-electron chi connectivity index (χ3n) is 4.19. The summed E-state index contributed by atoms with van der Waals surface area (Å²) in [6.45, 7) is 0.613. The highest BCUT2D eigenvalue weighted by molar-refractivity contribution is 6.30. The molecule has 0 saturated carbocycles. The van der Waals surface area contributed by atoms with Crippen molar-refractivity contribution >= 4 is 11.6 Å². The Morgan fingerprint density at radius 1 is 0.933 bits per heavy atom. The predicted octanol–water partition coefficient (Wildman–Crippen LogP) is 5.62. The van der Waals surface area contributed by atoms with E-state index < -0.39 is 53.3 Å². The summed E-state index contributed by atoms with van der Waals surface area (Å²) in [5.41, 5.74) is 0.700. The van der Waals surface area contributed by atoms with E-state index in [1.807, 2.05) is 0 Å². The largest absolute Gasteiger partial charge is 0.416 e. The standard InChI is InChI=1S/C19H17ClF7NO2/c1-17(29,11-5-14(20)7-15(21)6-11)8-16(28)30-9-10-2-12(18(22,23)24)4-13(3-10)19(25,26)27/h2-7,16,29H,8-9,28H2,1H3. The fourth-order valence-electron chi connectivity index (χ4n) is 2.74. The van der Waals surface area contributed by atoms with Gasteiger partial charge in [-0.15, -0.1) is 0 Å². The maximum Gasteiger partial charge on any atom is 0.416 e. The predicted molar refractivity (Wildman–Crippen MR) is 94.8 cm³/mol. The van der Waals surface area contributed by atoms with E-state index in [0.29, 0.717) is 12.1 Å². The van der Waals surface area contributed by atoms with E-state index in [0.717, 1.165) is 12.1 Å². The van der Waals surface area contributed by atoms with E-state index in [9.17, 15) is 35.8 Å². The van der Waals surface area contributed by atoms with Gasteiger partial charge >= 0.3 is 12.4 Å². The Bertz CT molecular complexity index is 845. The van der Waals surface area contributed by atoms with E-state index in [1.54, 1.807) is 0 Å². The molecular weight excluding hydrogens is 443 g/mol. The summed E-state index contributed by atoms with van der Waals surface area (Å²) in [4.78, 5) is 0. The van der Waals surface area contributed by atoms with Crippen LogP contribution in [0.2, 0.25) is 5.02 Å². The normalized spacial score (nSPS) is 15.7. The first-order valence-corrected chi connectivity index (χ1v) is 8.80. The van der Waals surface area contributed by atoms with Crippen molar-refractivity contribution in [2.45, 2.75) is 44.1 Å². The number of nitrogens with two attached hydrogens (primary N) is 1. The zero-order valence-electron chi connectivity index (χ0n) is 15.4. The highest BCUT2D eigenvalue weighted by Gasteiger charge is 2.37. The monoisotopic (exact) mass is 459 g/mol. The van der Waals surface area contributed by atoms with Crippen molar-refractivity contribution in [3.05, 3.63) is 69.5 Å². The van der Waals surface area contributed by atoms with Crippen molar-refractivity contribution in [3.63, 3.8) is 0 Å². The molecule has 0 aromatic heterocycles. The van der Waals surface area contributed by atoms with Crippen molar-refractivity contribution in [3.8, 4) is 0 Å². The number of hydrogen-bond acceptors (Lipinski definition) is 3. The molecule has 2 aromatic carbocycles. The Morgan fingerprint density at radius 2 is 1.47 bits per heavy atom. The summed E-state index contributed by atoms with van der Waals surface area (Å²) in [5.74, 6) is -0.712. The van der Waals surface area contributed by atoms with Gasteiger partial charge in [0.05, 0.1) is 23.3 Å². The van der Waals surface area contributed by atoms with Gasteiger partial charge in [-0.3, -0.25) is 0 Å². The lowest BCUT2D eigenvalue weighted by molar-refractivity contribution is -0.143. The Balaban J connectivity index is 2.16. The van der Waals surface area contributed by atoms with E-state index >= 15 is 0 Å². The first-order valence-electron chi connectivity index (χ1n) is 8.42. The van der Waals surface area contributed by atoms with Crippen LogP contribution in [-0.4, -0.2) is 11.3 Å². The summed E-state index contributed by atoms with van der Waals surface area (Å²) >= 11 is 5.74. The van der Waals surface area contributed by atoms with Crippen LogP contribution in [0.4, 0.5) is 30.7 Å². The third-order valence-corrected chi connectivity index (χ3v) is 4.41. The Kier molecular flexibility index (Phi) is 7.07. The second-order valence-corrected chi connectivity index (χ2v) is 7.34. The second-order valence-electron chi connectivity index (χ2n) is 6.90. The van der Waals surface area contributed by atoms with Gasteiger partial charge in [0.2, 0.25) is 0 Å². The molecule has 2 atom stereocenters. The molecule has 3 N–H and O–H groups in total. The van der Waals surface area contributed by atoms with Gasteiger partial charge in [0.1, 0.15) is 12.0 Å². The van der Waals surface area contributed by atoms with Gasteiger partial charge in [-0.1, -0.05) is 11.6 Å². The van der Waals surface area contributed by atoms with Crippen LogP contribution in [0.1, 0.15) is 35.6 Å². The molecule has 2 unspecified atom stereocenters. The molecule has 0 amide bonds. The number of ether oxygens (including phenoxy) is 1. The molecule has 0 saturated heterocycles. The lowest BCUT2D eigenvalue weighted by Gasteiger charge is -2.27. The van der Waals surface area contributed by atoms with Crippen LogP contribution in [0.3, 0.4) is 0 Å². The van der Waals surface area contributed by atoms with Gasteiger partial charge in [-0.2, -0.15) is 26.3 Å². The van der Waals surface area contributed by atoms with Crippen molar-refractivity contribution in [1.82, 2.24) is 0 Å². The topological polar surface area (TPSA) is 55.5 Å². The molecule has 11 heteroatoms. The van der Waals surface area contributed by atoms with Gasteiger partial charge in [0, 0.05) is 11.4 Å². The minimum Gasteiger partial charge on any atom is -0.385 e. The summed E-state index contributed by atoms with van der Waals surface area (Å²) < 4.78 is 96.0. The molecule has 3 nitrogen and oxygen atoms in total. The van der Waals surface area contributed by atoms with Crippen LogP contribution in [0.5, 0.6) is 0 Å². The molecule has 0 heterocycles. The first kappa shape index (κ1) is 24.4. The lowest BCUT2D eigenvalue weighted by atomic mass is 9.92. The maximum absolute atomic E-state index is 13.5. The number of alkyl halides is 6. The third kappa shape index (κ3) is 6.56. The molecule has 0 aliphatic carbocycles. The highest BCUT2D eigenvalue weighted by Crippen LogP contribution is 2.36. The zero-order valence-corrected chi connectivity index (χ0v) is 16.2. The molecule has 2 rings (SSSR count). The van der Waals surface area contributed by atoms with Crippen LogP contribution in [0.15, 0.2) is 36.4 Å². The average Bonchev–Trinajstić information content (AvgIpc) is 2.57. The molecule has 166 valence electrons. The molecule has 0 bridgehead atoms. The van der Waals surface area contributed by atoms with Crippen molar-refractivity contribution < 1.29 is 40.6 Å². The summed E-state index contributed by atoms with van der Waals surface area (Å²) in [6, 6.07) is 4.37. The molecule has 2 aromatic rings. The molecule has 0 radical (unpaired) electrons. The highest BCUT2D eigenvalue weighted by atomic mass is 35.5. The molecular formula is C19H17ClF7NO2. The van der Waals surface area contributed by atoms with Crippen LogP contribution in [0, 0.1) is 5.82 Å². The minimum absolute atomic E-state index is 0.00190. The van der Waals surface area contributed by atoms with E-state index in [4.69, 9.17) is 22.1 Å². The summed E-state index contributed by atoms with van der Waals surface area (Å²) in [6.07, 6.45) is -11.6. The Labute approximate surface area is 172 Å². The molecule has 0 spiro atoms. The fourth-order valence-corrected chi connectivity index (χ4v) is 2.96. The molecule has 0 aliphatic heterocycles. The average molecular weight is 460 g/mol. The van der Waals surface area contributed by atoms with Crippen molar-refractivity contribution in [2.75, 3.05) is 0 Å². The fraction of sp³-hybridized carbons (Fsp3) is 0.368. The zero-order chi connectivity index (χ0) is 22.9. The maximum atomic E-state index is 13.5. The first-order chi connectivity index (χ1) is 13.6. The van der Waals surface area contributed by atoms with Crippen molar-refractivity contribution in [2.24, 2.45) is 5.73 Å². The van der Waals surface area contributed by atoms with Crippen LogP contribution in [-0.2, 0) is 29.3 Å². The van der Waals surface area contributed by atoms with Gasteiger partial charge in [-0.25, -0.2) is 4.39 Å². The number of hydrogen-bond donors (Lipinski definition) is 2. The SMILES string of the molecule is CC(O)(CC(N)OCc1cc(C(F)(F)F)cc(C(F)(F)F)c1)c1cc(F)cc(Cl)c1. The van der Waals surface area contributed by atoms with Gasteiger partial charge in [0.15, 0.2) is 0 Å². The minimum atomic E-state index is -4.99. The van der Waals surface area contributed by atoms with E-state index in [-0.39, 0.29) is 23.1 Å². The smallest absolute Gasteiger partial charge is 0.385 e. The second kappa shape index (κ2) is 8.70. The van der Waals surface area contributed by atoms with Gasteiger partial charge in [-0.05, 0) is 54.4 Å². The van der Waals surface area contributed by atoms with Crippen LogP contribution < -0.4 is 5.73 Å². The van der Waals surface area contributed by atoms with Gasteiger partial charge < -0.3 is 15.6 Å². The van der Waals surface area contributed by atoms with Gasteiger partial charge in [0.25, 0.3) is 0 Å². The summed E-state index contributed by atoms with van der Waals surface area (Å²) in [7, 11) is 0. The van der Waals surface area contributed by atoms with Crippen LogP contribution >= 0.6 is 11.6 Å². The summed E-state index contributed by atoms with van der Waals surface area (Å²) in [5, 5.41) is 10.5. The Hall–Kier alpha value is -1.88. The number of benzene rings is 2. The quantitative estimate of drug-likeness (QED) is 0.436. The number of halogens is 8. The Morgan fingerprint density at radius 3 is 1.93 bits per heavy atom. The van der Waals surface area contributed by atoms with E-state index in [2.05, 4.69) is 0 Å². The van der Waals surface area contributed by atoms with E-state index in [1.165, 1.54) is 13.0 Å². The lowest BCUT2D eigenvalue weighted by Crippen LogP contribution is -2.34.